The first-order chi connectivity index (χ1) is 7.02. The highest BCUT2D eigenvalue weighted by Crippen LogP contribution is 1.95. The lowest BCUT2D eigenvalue weighted by molar-refractivity contribution is 0.0390. The minimum Gasteiger partial charge on any atom is -0.379 e. The van der Waals surface area contributed by atoms with Crippen molar-refractivity contribution in [2.75, 3.05) is 53.5 Å². The van der Waals surface area contributed by atoms with Crippen molar-refractivity contribution in [2.24, 2.45) is 0 Å². The van der Waals surface area contributed by atoms with E-state index >= 15 is 0 Å². The standard InChI is InChI=1S/C8H19N3O3S/c1-10(2)15(12,13)9-3-4-11-5-7-14-8-6-11/h9H,3-8H2,1-2H3. The molecular weight excluding hydrogens is 218 g/mol. The Morgan fingerprint density at radius 1 is 1.33 bits per heavy atom. The van der Waals surface area contributed by atoms with E-state index in [0.29, 0.717) is 6.54 Å². The summed E-state index contributed by atoms with van der Waals surface area (Å²) < 4.78 is 31.6. The van der Waals surface area contributed by atoms with Gasteiger partial charge in [-0.25, -0.2) is 4.72 Å². The molecule has 0 aromatic carbocycles. The summed E-state index contributed by atoms with van der Waals surface area (Å²) in [5.41, 5.74) is 0. The van der Waals surface area contributed by atoms with Gasteiger partial charge in [-0.2, -0.15) is 12.7 Å². The van der Waals surface area contributed by atoms with Gasteiger partial charge in [0.25, 0.3) is 10.2 Å². The minimum absolute atomic E-state index is 0.445. The number of hydrogen-bond acceptors (Lipinski definition) is 4. The van der Waals surface area contributed by atoms with Gasteiger partial charge in [0.1, 0.15) is 0 Å². The van der Waals surface area contributed by atoms with E-state index in [2.05, 4.69) is 9.62 Å². The Balaban J connectivity index is 2.20. The first kappa shape index (κ1) is 12.9. The molecule has 7 heteroatoms. The van der Waals surface area contributed by atoms with Crippen LogP contribution in [0.4, 0.5) is 0 Å². The topological polar surface area (TPSA) is 61.9 Å². The summed E-state index contributed by atoms with van der Waals surface area (Å²) >= 11 is 0. The predicted octanol–water partition coefficient (Wildman–Crippen LogP) is -1.29. The molecule has 0 amide bonds. The van der Waals surface area contributed by atoms with Gasteiger partial charge >= 0.3 is 0 Å². The molecule has 90 valence electrons. The molecule has 1 rings (SSSR count). The fourth-order valence-electron chi connectivity index (χ4n) is 1.29. The molecule has 0 unspecified atom stereocenters. The van der Waals surface area contributed by atoms with Crippen molar-refractivity contribution >= 4 is 10.2 Å². The molecule has 6 nitrogen and oxygen atoms in total. The Kier molecular flexibility index (Phi) is 4.94. The molecule has 0 bridgehead atoms. The van der Waals surface area contributed by atoms with Gasteiger partial charge in [0.05, 0.1) is 13.2 Å². The number of ether oxygens (including phenoxy) is 1. The second kappa shape index (κ2) is 5.76. The zero-order valence-electron chi connectivity index (χ0n) is 9.27. The van der Waals surface area contributed by atoms with Crippen LogP contribution in [0.3, 0.4) is 0 Å². The smallest absolute Gasteiger partial charge is 0.278 e. The maximum absolute atomic E-state index is 11.3. The fraction of sp³-hybridized carbons (Fsp3) is 1.00. The number of rotatable bonds is 5. The highest BCUT2D eigenvalue weighted by Gasteiger charge is 2.14. The molecule has 1 saturated heterocycles. The third-order valence-electron chi connectivity index (χ3n) is 2.30. The van der Waals surface area contributed by atoms with Crippen LogP contribution >= 0.6 is 0 Å². The zero-order valence-corrected chi connectivity index (χ0v) is 10.1. The van der Waals surface area contributed by atoms with Crippen molar-refractivity contribution in [1.82, 2.24) is 13.9 Å². The van der Waals surface area contributed by atoms with Crippen LogP contribution in [0.5, 0.6) is 0 Å². The molecule has 0 spiro atoms. The number of nitrogens with one attached hydrogen (secondary N) is 1. The molecule has 1 aliphatic rings. The van der Waals surface area contributed by atoms with E-state index in [1.165, 1.54) is 18.4 Å². The number of hydrogen-bond donors (Lipinski definition) is 1. The van der Waals surface area contributed by atoms with Crippen LogP contribution in [0, 0.1) is 0 Å². The molecule has 0 aromatic rings. The van der Waals surface area contributed by atoms with Gasteiger partial charge in [0.15, 0.2) is 0 Å². The maximum atomic E-state index is 11.3. The summed E-state index contributed by atoms with van der Waals surface area (Å²) in [6, 6.07) is 0. The summed E-state index contributed by atoms with van der Waals surface area (Å²) in [4.78, 5) is 2.18. The molecule has 0 aromatic heterocycles. The van der Waals surface area contributed by atoms with Gasteiger partial charge < -0.3 is 4.74 Å². The quantitative estimate of drug-likeness (QED) is 0.646. The van der Waals surface area contributed by atoms with E-state index in [9.17, 15) is 8.42 Å². The summed E-state index contributed by atoms with van der Waals surface area (Å²) in [6.07, 6.45) is 0. The summed E-state index contributed by atoms with van der Waals surface area (Å²) in [6.45, 7) is 4.41. The Morgan fingerprint density at radius 3 is 2.47 bits per heavy atom. The van der Waals surface area contributed by atoms with E-state index in [0.717, 1.165) is 32.8 Å². The highest BCUT2D eigenvalue weighted by molar-refractivity contribution is 7.87. The first-order valence-electron chi connectivity index (χ1n) is 4.99. The molecule has 0 aliphatic carbocycles. The fourth-order valence-corrected chi connectivity index (χ4v) is 1.89. The van der Waals surface area contributed by atoms with Gasteiger partial charge in [0.2, 0.25) is 0 Å². The van der Waals surface area contributed by atoms with Crippen molar-refractivity contribution in [2.45, 2.75) is 0 Å². The molecule has 0 saturated carbocycles. The van der Waals surface area contributed by atoms with Crippen molar-refractivity contribution in [3.63, 3.8) is 0 Å². The Morgan fingerprint density at radius 2 is 1.93 bits per heavy atom. The summed E-state index contributed by atoms with van der Waals surface area (Å²) in [5, 5.41) is 0. The molecule has 1 N–H and O–H groups in total. The van der Waals surface area contributed by atoms with Gasteiger partial charge in [-0.1, -0.05) is 0 Å². The number of morpholine rings is 1. The molecule has 15 heavy (non-hydrogen) atoms. The van der Waals surface area contributed by atoms with Gasteiger partial charge in [-0.05, 0) is 0 Å². The second-order valence-electron chi connectivity index (χ2n) is 3.64. The third-order valence-corrected chi connectivity index (χ3v) is 3.83. The van der Waals surface area contributed by atoms with E-state index < -0.39 is 10.2 Å². The van der Waals surface area contributed by atoms with E-state index in [1.807, 2.05) is 0 Å². The van der Waals surface area contributed by atoms with Gasteiger partial charge in [-0.15, -0.1) is 0 Å². The first-order valence-corrected chi connectivity index (χ1v) is 6.43. The van der Waals surface area contributed by atoms with Crippen molar-refractivity contribution < 1.29 is 13.2 Å². The van der Waals surface area contributed by atoms with Crippen LogP contribution in [0.1, 0.15) is 0 Å². The average Bonchev–Trinajstić information content (AvgIpc) is 2.19. The van der Waals surface area contributed by atoms with Crippen LogP contribution in [-0.2, 0) is 14.9 Å². The van der Waals surface area contributed by atoms with Crippen LogP contribution < -0.4 is 4.72 Å². The Bertz CT molecular complexity index is 273. The minimum atomic E-state index is -3.27. The molecule has 1 heterocycles. The molecule has 1 aliphatic heterocycles. The Hall–Kier alpha value is -0.210. The predicted molar refractivity (Wildman–Crippen MR) is 57.9 cm³/mol. The molecule has 1 fully saturated rings. The van der Waals surface area contributed by atoms with E-state index in [4.69, 9.17) is 4.74 Å². The summed E-state index contributed by atoms with van der Waals surface area (Å²) in [7, 11) is -0.252. The highest BCUT2D eigenvalue weighted by atomic mass is 32.2. The summed E-state index contributed by atoms with van der Waals surface area (Å²) in [5.74, 6) is 0. The van der Waals surface area contributed by atoms with Crippen LogP contribution in [-0.4, -0.2) is 71.1 Å². The largest absolute Gasteiger partial charge is 0.379 e. The second-order valence-corrected chi connectivity index (χ2v) is 5.60. The van der Waals surface area contributed by atoms with Crippen LogP contribution in [0.2, 0.25) is 0 Å². The lowest BCUT2D eigenvalue weighted by Crippen LogP contribution is -2.43. The van der Waals surface area contributed by atoms with Crippen LogP contribution in [0.15, 0.2) is 0 Å². The average molecular weight is 237 g/mol. The number of nitrogens with zero attached hydrogens (tertiary/aromatic N) is 2. The van der Waals surface area contributed by atoms with E-state index in [-0.39, 0.29) is 0 Å². The molecule has 0 radical (unpaired) electrons. The zero-order chi connectivity index (χ0) is 11.3. The van der Waals surface area contributed by atoms with Crippen molar-refractivity contribution in [3.8, 4) is 0 Å². The normalized spacial score (nSPS) is 19.7. The Labute approximate surface area is 91.4 Å². The van der Waals surface area contributed by atoms with Crippen LogP contribution in [0.25, 0.3) is 0 Å². The lowest BCUT2D eigenvalue weighted by Gasteiger charge is -2.26. The monoisotopic (exact) mass is 237 g/mol. The third kappa shape index (κ3) is 4.43. The van der Waals surface area contributed by atoms with Gasteiger partial charge in [0, 0.05) is 40.3 Å². The molecule has 0 atom stereocenters. The van der Waals surface area contributed by atoms with Crippen molar-refractivity contribution in [1.29, 1.82) is 0 Å². The van der Waals surface area contributed by atoms with E-state index in [1.54, 1.807) is 0 Å². The maximum Gasteiger partial charge on any atom is 0.278 e. The van der Waals surface area contributed by atoms with Gasteiger partial charge in [-0.3, -0.25) is 4.90 Å². The SMILES string of the molecule is CN(C)S(=O)(=O)NCCN1CCOCC1. The van der Waals surface area contributed by atoms with Crippen molar-refractivity contribution in [3.05, 3.63) is 0 Å². The lowest BCUT2D eigenvalue weighted by atomic mass is 10.4. The molecular formula is C8H19N3O3S.